The Kier molecular flexibility index (Phi) is 7.34. The molecule has 6 nitrogen and oxygen atoms in total. The third-order valence-corrected chi connectivity index (χ3v) is 6.29. The number of hydrogen-bond donors (Lipinski definition) is 2. The Balaban J connectivity index is 2.05. The summed E-state index contributed by atoms with van der Waals surface area (Å²) in [6.07, 6.45) is 0.852. The van der Waals surface area contributed by atoms with E-state index in [2.05, 4.69) is 10.6 Å². The molecule has 150 valence electrons. The van der Waals surface area contributed by atoms with Gasteiger partial charge in [0, 0.05) is 18.2 Å². The molecule has 0 spiro atoms. The number of sulfone groups is 1. The molecule has 2 N–H and O–H groups in total. The molecule has 7 heteroatoms. The molecule has 2 amide bonds. The van der Waals surface area contributed by atoms with Gasteiger partial charge >= 0.3 is 0 Å². The van der Waals surface area contributed by atoms with E-state index in [1.807, 2.05) is 13.8 Å². The molecule has 0 aliphatic rings. The van der Waals surface area contributed by atoms with E-state index in [0.717, 1.165) is 12.0 Å². The van der Waals surface area contributed by atoms with Crippen LogP contribution in [0.25, 0.3) is 0 Å². The van der Waals surface area contributed by atoms with Gasteiger partial charge in [0.15, 0.2) is 9.84 Å². The van der Waals surface area contributed by atoms with Crippen LogP contribution >= 0.6 is 0 Å². The summed E-state index contributed by atoms with van der Waals surface area (Å²) in [5.74, 6) is -0.660. The Bertz CT molecular complexity index is 937. The van der Waals surface area contributed by atoms with Crippen molar-refractivity contribution in [2.24, 2.45) is 0 Å². The predicted octanol–water partition coefficient (Wildman–Crippen LogP) is 2.94. The summed E-state index contributed by atoms with van der Waals surface area (Å²) in [5.41, 5.74) is 1.49. The standard InChI is InChI=1S/C21H26N2O4S/c1-4-15(3)23-20(24)17-12-10-16(11-13-17)14-22-21(25)18-8-6-7-9-19(18)28(26,27)5-2/h6-13,15H,4-5,14H2,1-3H3,(H,22,25)(H,23,24)/t15-/m0/s1. The molecule has 0 unspecified atom stereocenters. The molecule has 0 saturated carbocycles. The van der Waals surface area contributed by atoms with Crippen LogP contribution < -0.4 is 10.6 Å². The van der Waals surface area contributed by atoms with Crippen molar-refractivity contribution < 1.29 is 18.0 Å². The molecule has 1 atom stereocenters. The molecule has 0 bridgehead atoms. The fourth-order valence-electron chi connectivity index (χ4n) is 2.54. The van der Waals surface area contributed by atoms with Gasteiger partial charge in [-0.3, -0.25) is 9.59 Å². The number of carbonyl (C=O) groups is 2. The van der Waals surface area contributed by atoms with Crippen LogP contribution in [0.2, 0.25) is 0 Å². The monoisotopic (exact) mass is 402 g/mol. The van der Waals surface area contributed by atoms with E-state index in [9.17, 15) is 18.0 Å². The van der Waals surface area contributed by atoms with Gasteiger partial charge in [0.1, 0.15) is 0 Å². The van der Waals surface area contributed by atoms with Gasteiger partial charge in [0.2, 0.25) is 0 Å². The molecule has 0 heterocycles. The predicted molar refractivity (Wildman–Crippen MR) is 109 cm³/mol. The van der Waals surface area contributed by atoms with Crippen LogP contribution in [0.1, 0.15) is 53.5 Å². The number of benzene rings is 2. The molecular formula is C21H26N2O4S. The minimum absolute atomic E-state index is 0.0343. The third kappa shape index (κ3) is 5.42. The van der Waals surface area contributed by atoms with Crippen molar-refractivity contribution >= 4 is 21.7 Å². The lowest BCUT2D eigenvalue weighted by molar-refractivity contribution is 0.0933. The van der Waals surface area contributed by atoms with Crippen LogP contribution in [0.4, 0.5) is 0 Å². The van der Waals surface area contributed by atoms with Crippen molar-refractivity contribution in [1.29, 1.82) is 0 Å². The first-order valence-corrected chi connectivity index (χ1v) is 10.9. The summed E-state index contributed by atoms with van der Waals surface area (Å²) in [4.78, 5) is 24.6. The third-order valence-electron chi connectivity index (χ3n) is 4.51. The number of hydrogen-bond acceptors (Lipinski definition) is 4. The summed E-state index contributed by atoms with van der Waals surface area (Å²) >= 11 is 0. The first-order chi connectivity index (χ1) is 13.3. The van der Waals surface area contributed by atoms with Gasteiger partial charge in [-0.25, -0.2) is 8.42 Å². The average Bonchev–Trinajstić information content (AvgIpc) is 2.72. The lowest BCUT2D eigenvalue weighted by atomic mass is 10.1. The lowest BCUT2D eigenvalue weighted by Gasteiger charge is -2.12. The second-order valence-electron chi connectivity index (χ2n) is 6.56. The molecule has 0 fully saturated rings. The molecule has 0 radical (unpaired) electrons. The fraction of sp³-hybridized carbons (Fsp3) is 0.333. The topological polar surface area (TPSA) is 92.3 Å². The van der Waals surface area contributed by atoms with Gasteiger partial charge < -0.3 is 10.6 Å². The van der Waals surface area contributed by atoms with E-state index >= 15 is 0 Å². The van der Waals surface area contributed by atoms with E-state index in [-0.39, 0.29) is 34.7 Å². The van der Waals surface area contributed by atoms with Crippen molar-refractivity contribution in [3.8, 4) is 0 Å². The van der Waals surface area contributed by atoms with Crippen LogP contribution in [0.5, 0.6) is 0 Å². The molecule has 0 aromatic heterocycles. The van der Waals surface area contributed by atoms with Crippen molar-refractivity contribution in [2.45, 2.75) is 44.7 Å². The van der Waals surface area contributed by atoms with E-state index in [4.69, 9.17) is 0 Å². The zero-order valence-corrected chi connectivity index (χ0v) is 17.2. The lowest BCUT2D eigenvalue weighted by Crippen LogP contribution is -2.31. The van der Waals surface area contributed by atoms with Crippen LogP contribution in [0.3, 0.4) is 0 Å². The first-order valence-electron chi connectivity index (χ1n) is 9.28. The van der Waals surface area contributed by atoms with Crippen LogP contribution in [-0.2, 0) is 16.4 Å². The second-order valence-corrected chi connectivity index (χ2v) is 8.81. The minimum atomic E-state index is -3.49. The molecule has 28 heavy (non-hydrogen) atoms. The van der Waals surface area contributed by atoms with Gasteiger partial charge in [-0.2, -0.15) is 0 Å². The summed E-state index contributed by atoms with van der Waals surface area (Å²) in [7, 11) is -3.49. The Morgan fingerprint density at radius 3 is 2.21 bits per heavy atom. The quantitative estimate of drug-likeness (QED) is 0.710. The Labute approximate surface area is 166 Å². The maximum absolute atomic E-state index is 12.5. The Morgan fingerprint density at radius 1 is 0.964 bits per heavy atom. The normalized spacial score (nSPS) is 12.2. The SMILES string of the molecule is CC[C@H](C)NC(=O)c1ccc(CNC(=O)c2ccccc2S(=O)(=O)CC)cc1. The number of nitrogens with one attached hydrogen (secondary N) is 2. The van der Waals surface area contributed by atoms with E-state index in [1.54, 1.807) is 43.3 Å². The first kappa shape index (κ1) is 21.6. The maximum atomic E-state index is 12.5. The number of carbonyl (C=O) groups excluding carboxylic acids is 2. The minimum Gasteiger partial charge on any atom is -0.350 e. The average molecular weight is 403 g/mol. The van der Waals surface area contributed by atoms with Gasteiger partial charge in [-0.1, -0.05) is 38.1 Å². The van der Waals surface area contributed by atoms with E-state index in [1.165, 1.54) is 12.1 Å². The summed E-state index contributed by atoms with van der Waals surface area (Å²) in [6, 6.07) is 13.2. The molecule has 2 aromatic rings. The highest BCUT2D eigenvalue weighted by molar-refractivity contribution is 7.91. The van der Waals surface area contributed by atoms with Crippen molar-refractivity contribution in [3.63, 3.8) is 0 Å². The highest BCUT2D eigenvalue weighted by Crippen LogP contribution is 2.17. The fourth-order valence-corrected chi connectivity index (χ4v) is 3.63. The van der Waals surface area contributed by atoms with E-state index in [0.29, 0.717) is 5.56 Å². The van der Waals surface area contributed by atoms with Crippen molar-refractivity contribution in [3.05, 3.63) is 65.2 Å². The Hall–Kier alpha value is -2.67. The van der Waals surface area contributed by atoms with Gasteiger partial charge in [-0.15, -0.1) is 0 Å². The maximum Gasteiger partial charge on any atom is 0.252 e. The van der Waals surface area contributed by atoms with Crippen molar-refractivity contribution in [2.75, 3.05) is 5.75 Å². The van der Waals surface area contributed by atoms with E-state index < -0.39 is 15.7 Å². The largest absolute Gasteiger partial charge is 0.350 e. The highest BCUT2D eigenvalue weighted by Gasteiger charge is 2.20. The summed E-state index contributed by atoms with van der Waals surface area (Å²) in [5, 5.41) is 5.64. The molecule has 2 aromatic carbocycles. The van der Waals surface area contributed by atoms with Crippen LogP contribution in [-0.4, -0.2) is 32.0 Å². The zero-order valence-electron chi connectivity index (χ0n) is 16.4. The molecule has 2 rings (SSSR count). The van der Waals surface area contributed by atoms with Gasteiger partial charge in [0.05, 0.1) is 16.2 Å². The van der Waals surface area contributed by atoms with Crippen LogP contribution in [0, 0.1) is 0 Å². The number of rotatable bonds is 8. The summed E-state index contributed by atoms with van der Waals surface area (Å²) in [6.45, 7) is 5.72. The zero-order chi connectivity index (χ0) is 20.7. The Morgan fingerprint density at radius 2 is 1.61 bits per heavy atom. The molecule has 0 aliphatic heterocycles. The van der Waals surface area contributed by atoms with Gasteiger partial charge in [-0.05, 0) is 43.2 Å². The van der Waals surface area contributed by atoms with Crippen molar-refractivity contribution in [1.82, 2.24) is 10.6 Å². The molecule has 0 aliphatic carbocycles. The smallest absolute Gasteiger partial charge is 0.252 e. The second kappa shape index (κ2) is 9.50. The van der Waals surface area contributed by atoms with Crippen LogP contribution in [0.15, 0.2) is 53.4 Å². The molecular weight excluding hydrogens is 376 g/mol. The summed E-state index contributed by atoms with van der Waals surface area (Å²) < 4.78 is 24.4. The number of amides is 2. The van der Waals surface area contributed by atoms with Gasteiger partial charge in [0.25, 0.3) is 11.8 Å². The highest BCUT2D eigenvalue weighted by atomic mass is 32.2. The molecule has 0 saturated heterocycles.